The Labute approximate surface area is 129 Å². The van der Waals surface area contributed by atoms with Crippen molar-refractivity contribution in [2.24, 2.45) is 0 Å². The molecule has 0 fully saturated rings. The van der Waals surface area contributed by atoms with E-state index in [-0.39, 0.29) is 12.2 Å². The highest BCUT2D eigenvalue weighted by Crippen LogP contribution is 2.15. The van der Waals surface area contributed by atoms with E-state index in [1.165, 1.54) is 17.7 Å². The number of ketones is 2. The Morgan fingerprint density at radius 1 is 1.23 bits per heavy atom. The molecule has 3 rings (SSSR count). The van der Waals surface area contributed by atoms with Gasteiger partial charge >= 0.3 is 0 Å². The lowest BCUT2D eigenvalue weighted by molar-refractivity contribution is -0.114. The SMILES string of the molecule is O=C(Cc1csc(Cc2ccncc2)n1)C(=O)c1nc[nH]n1. The van der Waals surface area contributed by atoms with Crippen LogP contribution in [0.15, 0.2) is 36.2 Å². The number of nitrogens with one attached hydrogen (secondary N) is 1. The van der Waals surface area contributed by atoms with Crippen molar-refractivity contribution >= 4 is 22.9 Å². The van der Waals surface area contributed by atoms with Crippen molar-refractivity contribution in [2.75, 3.05) is 0 Å². The number of hydrogen-bond donors (Lipinski definition) is 1. The molecule has 8 heteroatoms. The van der Waals surface area contributed by atoms with Crippen LogP contribution in [0.5, 0.6) is 0 Å². The summed E-state index contributed by atoms with van der Waals surface area (Å²) in [5.74, 6) is -1.39. The smallest absolute Gasteiger partial charge is 0.267 e. The minimum Gasteiger partial charge on any atom is -0.290 e. The summed E-state index contributed by atoms with van der Waals surface area (Å²) in [6.45, 7) is 0. The number of pyridine rings is 1. The number of Topliss-reactive ketones (excluding diaryl/α,β-unsaturated/α-hetero) is 2. The van der Waals surface area contributed by atoms with Crippen LogP contribution in [0, 0.1) is 0 Å². The molecule has 0 aliphatic heterocycles. The highest BCUT2D eigenvalue weighted by molar-refractivity contribution is 7.09. The zero-order chi connectivity index (χ0) is 15.4. The molecule has 7 nitrogen and oxygen atoms in total. The molecule has 3 aromatic heterocycles. The summed E-state index contributed by atoms with van der Waals surface area (Å²) in [7, 11) is 0. The van der Waals surface area contributed by atoms with Gasteiger partial charge in [-0.05, 0) is 17.7 Å². The number of thiazole rings is 1. The molecule has 0 atom stereocenters. The Kier molecular flexibility index (Phi) is 4.10. The lowest BCUT2D eigenvalue weighted by Gasteiger charge is -1.96. The van der Waals surface area contributed by atoms with Crippen molar-refractivity contribution in [1.82, 2.24) is 25.1 Å². The molecular weight excluding hydrogens is 302 g/mol. The van der Waals surface area contributed by atoms with Gasteiger partial charge in [0.25, 0.3) is 5.78 Å². The number of hydrogen-bond acceptors (Lipinski definition) is 7. The van der Waals surface area contributed by atoms with Crippen molar-refractivity contribution in [3.8, 4) is 0 Å². The number of rotatable bonds is 6. The van der Waals surface area contributed by atoms with E-state index in [1.54, 1.807) is 17.8 Å². The Morgan fingerprint density at radius 3 is 2.77 bits per heavy atom. The second-order valence-corrected chi connectivity index (χ2v) is 5.46. The molecule has 0 amide bonds. The summed E-state index contributed by atoms with van der Waals surface area (Å²) in [6.07, 6.45) is 5.35. The number of aromatic nitrogens is 5. The van der Waals surface area contributed by atoms with Gasteiger partial charge in [0.05, 0.1) is 17.1 Å². The summed E-state index contributed by atoms with van der Waals surface area (Å²) in [6, 6.07) is 3.83. The summed E-state index contributed by atoms with van der Waals surface area (Å²) >= 11 is 1.46. The fraction of sp³-hybridized carbons (Fsp3) is 0.143. The van der Waals surface area contributed by atoms with Gasteiger partial charge in [-0.1, -0.05) is 0 Å². The quantitative estimate of drug-likeness (QED) is 0.542. The van der Waals surface area contributed by atoms with Crippen LogP contribution in [0.3, 0.4) is 0 Å². The van der Waals surface area contributed by atoms with Gasteiger partial charge in [-0.2, -0.15) is 0 Å². The summed E-state index contributed by atoms with van der Waals surface area (Å²) in [5.41, 5.74) is 1.68. The summed E-state index contributed by atoms with van der Waals surface area (Å²) < 4.78 is 0. The Hall–Kier alpha value is -2.74. The van der Waals surface area contributed by atoms with E-state index in [0.717, 1.165) is 10.6 Å². The van der Waals surface area contributed by atoms with Gasteiger partial charge in [0, 0.05) is 24.2 Å². The third-order valence-electron chi connectivity index (χ3n) is 2.92. The molecule has 3 heterocycles. The molecule has 110 valence electrons. The largest absolute Gasteiger partial charge is 0.290 e. The Bertz CT molecular complexity index is 783. The fourth-order valence-corrected chi connectivity index (χ4v) is 2.70. The zero-order valence-corrected chi connectivity index (χ0v) is 12.2. The average molecular weight is 313 g/mol. The maximum atomic E-state index is 11.9. The first-order chi connectivity index (χ1) is 10.7. The molecule has 0 radical (unpaired) electrons. The second-order valence-electron chi connectivity index (χ2n) is 4.52. The van der Waals surface area contributed by atoms with Gasteiger partial charge in [-0.3, -0.25) is 19.7 Å². The minimum absolute atomic E-state index is 0.0414. The monoisotopic (exact) mass is 313 g/mol. The number of nitrogens with zero attached hydrogens (tertiary/aromatic N) is 4. The normalized spacial score (nSPS) is 10.5. The highest BCUT2D eigenvalue weighted by Gasteiger charge is 2.21. The highest BCUT2D eigenvalue weighted by atomic mass is 32.1. The number of carbonyl (C=O) groups is 2. The molecule has 0 saturated carbocycles. The molecule has 0 unspecified atom stereocenters. The third kappa shape index (κ3) is 3.29. The third-order valence-corrected chi connectivity index (χ3v) is 3.81. The summed E-state index contributed by atoms with van der Waals surface area (Å²) in [4.78, 5) is 35.7. The lowest BCUT2D eigenvalue weighted by Crippen LogP contribution is -2.18. The first kappa shape index (κ1) is 14.2. The van der Waals surface area contributed by atoms with Crippen molar-refractivity contribution in [1.29, 1.82) is 0 Å². The van der Waals surface area contributed by atoms with Crippen LogP contribution in [-0.2, 0) is 17.6 Å². The van der Waals surface area contributed by atoms with Crippen LogP contribution >= 0.6 is 11.3 Å². The molecule has 0 bridgehead atoms. The number of aromatic amines is 1. The minimum atomic E-state index is -0.704. The van der Waals surface area contributed by atoms with E-state index in [4.69, 9.17) is 0 Å². The predicted octanol–water partition coefficient (Wildman–Crippen LogP) is 1.24. The van der Waals surface area contributed by atoms with Crippen LogP contribution < -0.4 is 0 Å². The molecule has 0 aliphatic carbocycles. The fourth-order valence-electron chi connectivity index (χ4n) is 1.87. The number of carbonyl (C=O) groups excluding carboxylic acids is 2. The Morgan fingerprint density at radius 2 is 2.05 bits per heavy atom. The van der Waals surface area contributed by atoms with Crippen LogP contribution in [0.4, 0.5) is 0 Å². The molecule has 0 spiro atoms. The molecule has 0 aromatic carbocycles. The van der Waals surface area contributed by atoms with Gasteiger partial charge in [0.15, 0.2) is 0 Å². The van der Waals surface area contributed by atoms with Crippen LogP contribution in [0.25, 0.3) is 0 Å². The number of H-pyrrole nitrogens is 1. The van der Waals surface area contributed by atoms with Crippen LogP contribution in [0.2, 0.25) is 0 Å². The second kappa shape index (κ2) is 6.35. The van der Waals surface area contributed by atoms with E-state index < -0.39 is 11.6 Å². The molecule has 22 heavy (non-hydrogen) atoms. The van der Waals surface area contributed by atoms with Gasteiger partial charge in [0.1, 0.15) is 6.33 Å². The van der Waals surface area contributed by atoms with Crippen molar-refractivity contribution in [3.63, 3.8) is 0 Å². The average Bonchev–Trinajstić information content (AvgIpc) is 3.19. The first-order valence-electron chi connectivity index (χ1n) is 6.48. The van der Waals surface area contributed by atoms with E-state index in [1.807, 2.05) is 12.1 Å². The van der Waals surface area contributed by atoms with Gasteiger partial charge in [0.2, 0.25) is 11.6 Å². The van der Waals surface area contributed by atoms with Crippen molar-refractivity contribution in [2.45, 2.75) is 12.8 Å². The maximum Gasteiger partial charge on any atom is 0.267 e. The van der Waals surface area contributed by atoms with Crippen LogP contribution in [-0.4, -0.2) is 36.7 Å². The van der Waals surface area contributed by atoms with E-state index in [0.29, 0.717) is 12.1 Å². The van der Waals surface area contributed by atoms with Crippen LogP contribution in [0.1, 0.15) is 26.9 Å². The molecule has 3 aromatic rings. The van der Waals surface area contributed by atoms with Gasteiger partial charge in [-0.25, -0.2) is 9.97 Å². The topological polar surface area (TPSA) is 101 Å². The predicted molar refractivity (Wildman–Crippen MR) is 78.6 cm³/mol. The molecule has 0 saturated heterocycles. The maximum absolute atomic E-state index is 11.9. The first-order valence-corrected chi connectivity index (χ1v) is 7.36. The zero-order valence-electron chi connectivity index (χ0n) is 11.4. The van der Waals surface area contributed by atoms with Crippen molar-refractivity contribution < 1.29 is 9.59 Å². The van der Waals surface area contributed by atoms with E-state index >= 15 is 0 Å². The molecule has 1 N–H and O–H groups in total. The molecule has 0 aliphatic rings. The lowest BCUT2D eigenvalue weighted by atomic mass is 10.1. The van der Waals surface area contributed by atoms with Crippen molar-refractivity contribution in [3.05, 3.63) is 58.3 Å². The standard InChI is InChI=1S/C14H11N5O2S/c20-11(13(21)14-16-8-17-19-14)6-10-7-22-12(18-10)5-9-1-3-15-4-2-9/h1-4,7-8H,5-6H2,(H,16,17,19). The van der Waals surface area contributed by atoms with E-state index in [2.05, 4.69) is 25.1 Å². The van der Waals surface area contributed by atoms with Gasteiger partial charge < -0.3 is 0 Å². The molecular formula is C14H11N5O2S. The Balaban J connectivity index is 1.64. The van der Waals surface area contributed by atoms with Gasteiger partial charge in [-0.15, -0.1) is 16.4 Å². The summed E-state index contributed by atoms with van der Waals surface area (Å²) in [5, 5.41) is 8.70. The van der Waals surface area contributed by atoms with E-state index in [9.17, 15) is 9.59 Å².